The Bertz CT molecular complexity index is 630. The van der Waals surface area contributed by atoms with Crippen molar-refractivity contribution in [2.75, 3.05) is 6.54 Å². The summed E-state index contributed by atoms with van der Waals surface area (Å²) in [5.74, 6) is -0.484. The lowest BCUT2D eigenvalue weighted by molar-refractivity contribution is 0.0537. The molecule has 0 radical (unpaired) electrons. The van der Waals surface area contributed by atoms with Crippen LogP contribution in [0.1, 0.15) is 79.4 Å². The molecule has 136 valence electrons. The predicted octanol–water partition coefficient (Wildman–Crippen LogP) is 3.45. The van der Waals surface area contributed by atoms with E-state index < -0.39 is 5.91 Å². The van der Waals surface area contributed by atoms with E-state index in [0.717, 1.165) is 30.8 Å². The van der Waals surface area contributed by atoms with Crippen LogP contribution in [0.5, 0.6) is 0 Å². The Morgan fingerprint density at radius 2 is 1.96 bits per heavy atom. The summed E-state index contributed by atoms with van der Waals surface area (Å²) in [6.45, 7) is 1.95. The number of rotatable bonds is 2. The minimum atomic E-state index is -0.484. The SMILES string of the molecule is O=C(NO)c1cnc2c(c1)CCN(C1CCC3(CCCCC3)CC1)C2. The third-order valence-electron chi connectivity index (χ3n) is 6.89. The van der Waals surface area contributed by atoms with Gasteiger partial charge in [0.2, 0.25) is 0 Å². The average molecular weight is 343 g/mol. The molecule has 0 bridgehead atoms. The first-order chi connectivity index (χ1) is 12.2. The molecule has 0 saturated heterocycles. The van der Waals surface area contributed by atoms with Gasteiger partial charge in [-0.1, -0.05) is 19.3 Å². The number of nitrogens with zero attached hydrogens (tertiary/aromatic N) is 2. The third kappa shape index (κ3) is 3.44. The zero-order valence-electron chi connectivity index (χ0n) is 15.0. The monoisotopic (exact) mass is 343 g/mol. The van der Waals surface area contributed by atoms with Gasteiger partial charge in [-0.3, -0.25) is 19.9 Å². The summed E-state index contributed by atoms with van der Waals surface area (Å²) in [4.78, 5) is 18.7. The highest BCUT2D eigenvalue weighted by Crippen LogP contribution is 2.48. The van der Waals surface area contributed by atoms with Crippen molar-refractivity contribution in [1.82, 2.24) is 15.4 Å². The molecule has 2 aliphatic carbocycles. The molecule has 25 heavy (non-hydrogen) atoms. The van der Waals surface area contributed by atoms with Crippen LogP contribution in [-0.2, 0) is 13.0 Å². The fourth-order valence-electron chi connectivity index (χ4n) is 5.32. The second kappa shape index (κ2) is 7.04. The van der Waals surface area contributed by atoms with Crippen LogP contribution in [0.3, 0.4) is 0 Å². The number of amides is 1. The van der Waals surface area contributed by atoms with Crippen molar-refractivity contribution in [2.24, 2.45) is 5.41 Å². The lowest BCUT2D eigenvalue weighted by Crippen LogP contribution is -2.44. The third-order valence-corrected chi connectivity index (χ3v) is 6.89. The Labute approximate surface area is 149 Å². The number of carbonyl (C=O) groups excluding carboxylic acids is 1. The van der Waals surface area contributed by atoms with Crippen molar-refractivity contribution < 1.29 is 10.0 Å². The number of hydrogen-bond acceptors (Lipinski definition) is 4. The van der Waals surface area contributed by atoms with E-state index in [-0.39, 0.29) is 0 Å². The molecule has 3 aliphatic rings. The molecule has 1 aromatic heterocycles. The van der Waals surface area contributed by atoms with E-state index in [9.17, 15) is 4.79 Å². The fraction of sp³-hybridized carbons (Fsp3) is 0.700. The number of fused-ring (bicyclic) bond motifs is 1. The molecular weight excluding hydrogens is 314 g/mol. The van der Waals surface area contributed by atoms with Crippen LogP contribution in [0, 0.1) is 5.41 Å². The van der Waals surface area contributed by atoms with Gasteiger partial charge >= 0.3 is 0 Å². The highest BCUT2D eigenvalue weighted by Gasteiger charge is 2.38. The Kier molecular flexibility index (Phi) is 4.78. The highest BCUT2D eigenvalue weighted by atomic mass is 16.5. The van der Waals surface area contributed by atoms with Gasteiger partial charge in [0.15, 0.2) is 0 Å². The van der Waals surface area contributed by atoms with Crippen LogP contribution in [0.2, 0.25) is 0 Å². The van der Waals surface area contributed by atoms with Gasteiger partial charge in [0.1, 0.15) is 0 Å². The van der Waals surface area contributed by atoms with E-state index in [1.807, 2.05) is 6.07 Å². The second-order valence-corrected chi connectivity index (χ2v) is 8.28. The maximum Gasteiger partial charge on any atom is 0.276 e. The van der Waals surface area contributed by atoms with Gasteiger partial charge in [0.05, 0.1) is 11.3 Å². The molecule has 0 atom stereocenters. The molecule has 2 N–H and O–H groups in total. The average Bonchev–Trinajstić information content (AvgIpc) is 2.68. The van der Waals surface area contributed by atoms with Crippen LogP contribution >= 0.6 is 0 Å². The summed E-state index contributed by atoms with van der Waals surface area (Å²) < 4.78 is 0. The maximum absolute atomic E-state index is 11.5. The number of hydroxylamine groups is 1. The topological polar surface area (TPSA) is 65.5 Å². The largest absolute Gasteiger partial charge is 0.294 e. The number of hydrogen-bond donors (Lipinski definition) is 2. The molecular formula is C20H29N3O2. The first-order valence-corrected chi connectivity index (χ1v) is 9.85. The van der Waals surface area contributed by atoms with Crippen molar-refractivity contribution in [3.8, 4) is 0 Å². The first-order valence-electron chi connectivity index (χ1n) is 9.85. The summed E-state index contributed by atoms with van der Waals surface area (Å²) in [5.41, 5.74) is 5.04. The van der Waals surface area contributed by atoms with E-state index in [1.165, 1.54) is 57.8 Å². The summed E-state index contributed by atoms with van der Waals surface area (Å²) >= 11 is 0. The van der Waals surface area contributed by atoms with Gasteiger partial charge < -0.3 is 0 Å². The number of nitrogens with one attached hydrogen (secondary N) is 1. The molecule has 1 amide bonds. The quantitative estimate of drug-likeness (QED) is 0.638. The summed E-state index contributed by atoms with van der Waals surface area (Å²) in [6, 6.07) is 2.58. The minimum absolute atomic E-state index is 0.437. The molecule has 2 fully saturated rings. The second-order valence-electron chi connectivity index (χ2n) is 8.28. The molecule has 0 unspecified atom stereocenters. The van der Waals surface area contributed by atoms with Crippen molar-refractivity contribution in [1.29, 1.82) is 0 Å². The molecule has 5 nitrogen and oxygen atoms in total. The van der Waals surface area contributed by atoms with Crippen LogP contribution in [-0.4, -0.2) is 33.6 Å². The van der Waals surface area contributed by atoms with Crippen LogP contribution in [0.15, 0.2) is 12.3 Å². The molecule has 2 heterocycles. The molecule has 0 aromatic carbocycles. The predicted molar refractivity (Wildman–Crippen MR) is 95.4 cm³/mol. The van der Waals surface area contributed by atoms with E-state index in [4.69, 9.17) is 5.21 Å². The Hall–Kier alpha value is -1.46. The van der Waals surface area contributed by atoms with Gasteiger partial charge in [-0.05, 0) is 62.0 Å². The van der Waals surface area contributed by atoms with Crippen molar-refractivity contribution in [3.05, 3.63) is 29.1 Å². The number of carbonyl (C=O) groups is 1. The maximum atomic E-state index is 11.5. The van der Waals surface area contributed by atoms with Crippen LogP contribution in [0.25, 0.3) is 0 Å². The van der Waals surface area contributed by atoms with Gasteiger partial charge in [0.25, 0.3) is 5.91 Å². The van der Waals surface area contributed by atoms with Gasteiger partial charge in [-0.15, -0.1) is 0 Å². The van der Waals surface area contributed by atoms with E-state index in [0.29, 0.717) is 17.0 Å². The van der Waals surface area contributed by atoms with Crippen LogP contribution < -0.4 is 5.48 Å². The molecule has 1 aromatic rings. The smallest absolute Gasteiger partial charge is 0.276 e. The van der Waals surface area contributed by atoms with Crippen molar-refractivity contribution >= 4 is 5.91 Å². The lowest BCUT2D eigenvalue weighted by Gasteiger charge is -2.46. The van der Waals surface area contributed by atoms with Gasteiger partial charge in [-0.2, -0.15) is 0 Å². The Morgan fingerprint density at radius 1 is 1.20 bits per heavy atom. The number of pyridine rings is 1. The van der Waals surface area contributed by atoms with Gasteiger partial charge in [0, 0.05) is 25.3 Å². The summed E-state index contributed by atoms with van der Waals surface area (Å²) in [7, 11) is 0. The molecule has 5 heteroatoms. The number of aromatic nitrogens is 1. The van der Waals surface area contributed by atoms with Crippen molar-refractivity contribution in [3.63, 3.8) is 0 Å². The molecule has 4 rings (SSSR count). The van der Waals surface area contributed by atoms with E-state index in [1.54, 1.807) is 11.7 Å². The standard InChI is InChI=1S/C20H29N3O2/c24-19(22-25)16-12-15-6-11-23(14-18(15)21-13-16)17-4-9-20(10-5-17)7-2-1-3-8-20/h12-13,17,25H,1-11,14H2,(H,22,24). The minimum Gasteiger partial charge on any atom is -0.294 e. The zero-order valence-corrected chi connectivity index (χ0v) is 15.0. The Balaban J connectivity index is 1.39. The van der Waals surface area contributed by atoms with Gasteiger partial charge in [-0.25, -0.2) is 5.48 Å². The summed E-state index contributed by atoms with van der Waals surface area (Å²) in [6.07, 6.45) is 15.2. The van der Waals surface area contributed by atoms with Crippen molar-refractivity contribution in [2.45, 2.75) is 76.8 Å². The highest BCUT2D eigenvalue weighted by molar-refractivity contribution is 5.93. The van der Waals surface area contributed by atoms with E-state index in [2.05, 4.69) is 9.88 Å². The normalized spacial score (nSPS) is 24.0. The molecule has 2 saturated carbocycles. The first kappa shape index (κ1) is 17.0. The molecule has 1 aliphatic heterocycles. The van der Waals surface area contributed by atoms with E-state index >= 15 is 0 Å². The molecule has 1 spiro atoms. The van der Waals surface area contributed by atoms with Crippen LogP contribution in [0.4, 0.5) is 0 Å². The Morgan fingerprint density at radius 3 is 2.68 bits per heavy atom. The zero-order chi connectivity index (χ0) is 17.3. The summed E-state index contributed by atoms with van der Waals surface area (Å²) in [5, 5.41) is 8.77. The lowest BCUT2D eigenvalue weighted by atomic mass is 9.64. The fourth-order valence-corrected chi connectivity index (χ4v) is 5.32.